The van der Waals surface area contributed by atoms with Crippen molar-refractivity contribution >= 4 is 39.4 Å². The van der Waals surface area contributed by atoms with Crippen molar-refractivity contribution in [3.05, 3.63) is 69.6 Å². The van der Waals surface area contributed by atoms with Gasteiger partial charge in [0.1, 0.15) is 18.1 Å². The van der Waals surface area contributed by atoms with Crippen LogP contribution in [0.1, 0.15) is 28.8 Å². The van der Waals surface area contributed by atoms with E-state index in [0.717, 1.165) is 37.9 Å². The Morgan fingerprint density at radius 2 is 1.97 bits per heavy atom. The molecule has 0 fully saturated rings. The van der Waals surface area contributed by atoms with E-state index < -0.39 is 11.9 Å². The van der Waals surface area contributed by atoms with Crippen molar-refractivity contribution in [1.82, 2.24) is 35.5 Å². The standard InChI is InChI=1S/C25H21BrClN7O4/c1-3-18-29-23(27)22(25(36)28-10-19(35)37-2)34(18)11-16-13-8-9-38-12-17(13)21(26)20(16)14-6-4-5-7-15(14)24-30-32-33-31-24/h4-9,12H,3,10-11H2,1-2H3,(H,28,36)(H,30,31,32,33). The number of imidazole rings is 1. The number of hydrogen-bond acceptors (Lipinski definition) is 8. The van der Waals surface area contributed by atoms with Crippen LogP contribution >= 0.6 is 27.5 Å². The van der Waals surface area contributed by atoms with Crippen LogP contribution in [0.4, 0.5) is 0 Å². The van der Waals surface area contributed by atoms with Crippen molar-refractivity contribution in [2.45, 2.75) is 19.9 Å². The lowest BCUT2D eigenvalue weighted by molar-refractivity contribution is -0.139. The zero-order chi connectivity index (χ0) is 26.8. The molecule has 1 amide bonds. The van der Waals surface area contributed by atoms with E-state index in [9.17, 15) is 9.59 Å². The minimum Gasteiger partial charge on any atom is -0.472 e. The lowest BCUT2D eigenvalue weighted by Crippen LogP contribution is -2.32. The summed E-state index contributed by atoms with van der Waals surface area (Å²) >= 11 is 10.2. The SMILES string of the molecule is CCc1nc(Cl)c(C(=O)NCC(=O)OC)n1Cc1c2ccocc-2c(Br)c1-c1ccccc1-c1nn[nH]n1. The van der Waals surface area contributed by atoms with Crippen LogP contribution in [0, 0.1) is 0 Å². The summed E-state index contributed by atoms with van der Waals surface area (Å²) in [6, 6.07) is 9.58. The van der Waals surface area contributed by atoms with E-state index in [1.165, 1.54) is 7.11 Å². The minimum atomic E-state index is -0.577. The van der Waals surface area contributed by atoms with Crippen molar-refractivity contribution in [3.63, 3.8) is 0 Å². The highest BCUT2D eigenvalue weighted by Crippen LogP contribution is 2.48. The maximum absolute atomic E-state index is 13.1. The van der Waals surface area contributed by atoms with Crippen molar-refractivity contribution in [1.29, 1.82) is 0 Å². The predicted molar refractivity (Wildman–Crippen MR) is 142 cm³/mol. The smallest absolute Gasteiger partial charge is 0.325 e. The molecule has 0 unspecified atom stereocenters. The zero-order valence-electron chi connectivity index (χ0n) is 20.3. The first-order valence-electron chi connectivity index (χ1n) is 11.5. The Morgan fingerprint density at radius 3 is 2.68 bits per heavy atom. The number of tetrazole rings is 1. The van der Waals surface area contributed by atoms with Gasteiger partial charge in [0, 0.05) is 27.6 Å². The van der Waals surface area contributed by atoms with E-state index in [2.05, 4.69) is 51.6 Å². The fraction of sp³-hybridized carbons (Fsp3) is 0.200. The summed E-state index contributed by atoms with van der Waals surface area (Å²) in [6.07, 6.45) is 3.78. The molecule has 2 aromatic heterocycles. The molecule has 3 heterocycles. The fourth-order valence-corrected chi connectivity index (χ4v) is 5.46. The lowest BCUT2D eigenvalue weighted by atomic mass is 9.97. The van der Waals surface area contributed by atoms with Crippen molar-refractivity contribution in [3.8, 4) is 33.6 Å². The van der Waals surface area contributed by atoms with E-state index in [1.54, 1.807) is 17.1 Å². The van der Waals surface area contributed by atoms with Crippen LogP contribution in [0.5, 0.6) is 0 Å². The van der Waals surface area contributed by atoms with Gasteiger partial charge in [0.2, 0.25) is 5.82 Å². The van der Waals surface area contributed by atoms with Crippen LogP contribution in [0.25, 0.3) is 33.6 Å². The molecule has 0 spiro atoms. The molecule has 1 aliphatic heterocycles. The Labute approximate surface area is 230 Å². The molecular weight excluding hydrogens is 578 g/mol. The number of rotatable bonds is 8. The van der Waals surface area contributed by atoms with Gasteiger partial charge in [-0.25, -0.2) is 4.98 Å². The first-order chi connectivity index (χ1) is 18.4. The molecule has 2 aliphatic rings. The van der Waals surface area contributed by atoms with E-state index in [0.29, 0.717) is 18.1 Å². The summed E-state index contributed by atoms with van der Waals surface area (Å²) in [7, 11) is 1.25. The Hall–Kier alpha value is -4.03. The van der Waals surface area contributed by atoms with E-state index >= 15 is 0 Å². The molecular formula is C25H21BrClN7O4. The third-order valence-electron chi connectivity index (χ3n) is 6.13. The number of halogens is 2. The van der Waals surface area contributed by atoms with Gasteiger partial charge in [-0.05, 0) is 43.9 Å². The second-order valence-electron chi connectivity index (χ2n) is 8.20. The van der Waals surface area contributed by atoms with Crippen molar-refractivity contribution in [2.75, 3.05) is 13.7 Å². The number of fused-ring (bicyclic) bond motifs is 1. The topological polar surface area (TPSA) is 141 Å². The first kappa shape index (κ1) is 25.6. The maximum atomic E-state index is 13.1. The number of aromatic nitrogens is 6. The predicted octanol–water partition coefficient (Wildman–Crippen LogP) is 4.36. The van der Waals surface area contributed by atoms with Crippen LogP contribution in [0.3, 0.4) is 0 Å². The van der Waals surface area contributed by atoms with Gasteiger partial charge in [0.25, 0.3) is 5.91 Å². The van der Waals surface area contributed by atoms with Gasteiger partial charge in [-0.3, -0.25) is 9.59 Å². The largest absolute Gasteiger partial charge is 0.472 e. The maximum Gasteiger partial charge on any atom is 0.325 e. The number of nitrogens with one attached hydrogen (secondary N) is 2. The molecule has 3 aromatic rings. The number of nitrogens with zero attached hydrogens (tertiary/aromatic N) is 5. The summed E-state index contributed by atoms with van der Waals surface area (Å²) in [5.41, 5.74) is 5.30. The van der Waals surface area contributed by atoms with Gasteiger partial charge in [0.15, 0.2) is 5.15 Å². The third kappa shape index (κ3) is 4.56. The van der Waals surface area contributed by atoms with Crippen molar-refractivity contribution < 1.29 is 18.7 Å². The second kappa shape index (κ2) is 10.8. The number of hydrogen-bond donors (Lipinski definition) is 2. The molecule has 5 rings (SSSR count). The lowest BCUT2D eigenvalue weighted by Gasteiger charge is -2.15. The number of aromatic amines is 1. The number of methoxy groups -OCH3 is 1. The average Bonchev–Trinajstić information content (AvgIpc) is 3.65. The van der Waals surface area contributed by atoms with Gasteiger partial charge in [-0.1, -0.05) is 42.8 Å². The summed E-state index contributed by atoms with van der Waals surface area (Å²) < 4.78 is 12.7. The summed E-state index contributed by atoms with van der Waals surface area (Å²) in [5, 5.41) is 17.2. The summed E-state index contributed by atoms with van der Waals surface area (Å²) in [5.74, 6) is -0.0597. The number of esters is 1. The molecule has 38 heavy (non-hydrogen) atoms. The number of benzene rings is 1. The Kier molecular flexibility index (Phi) is 7.25. The van der Waals surface area contributed by atoms with Crippen LogP contribution < -0.4 is 5.32 Å². The Balaban J connectivity index is 1.69. The molecule has 1 aliphatic carbocycles. The highest BCUT2D eigenvalue weighted by Gasteiger charge is 2.29. The first-order valence-corrected chi connectivity index (χ1v) is 12.7. The number of carbonyl (C=O) groups is 2. The highest BCUT2D eigenvalue weighted by molar-refractivity contribution is 9.10. The molecule has 0 saturated carbocycles. The molecule has 1 aromatic carbocycles. The van der Waals surface area contributed by atoms with E-state index in [-0.39, 0.29) is 23.9 Å². The van der Waals surface area contributed by atoms with Crippen LogP contribution in [0.2, 0.25) is 5.15 Å². The molecule has 11 nitrogen and oxygen atoms in total. The normalized spacial score (nSPS) is 11.2. The molecule has 13 heteroatoms. The third-order valence-corrected chi connectivity index (χ3v) is 7.21. The zero-order valence-corrected chi connectivity index (χ0v) is 22.6. The van der Waals surface area contributed by atoms with Crippen LogP contribution in [-0.2, 0) is 22.5 Å². The molecule has 2 N–H and O–H groups in total. The minimum absolute atomic E-state index is 0.0443. The van der Waals surface area contributed by atoms with Gasteiger partial charge < -0.3 is 19.0 Å². The van der Waals surface area contributed by atoms with Crippen LogP contribution in [-0.4, -0.2) is 55.7 Å². The molecule has 0 bridgehead atoms. The monoisotopic (exact) mass is 597 g/mol. The van der Waals surface area contributed by atoms with Gasteiger partial charge >= 0.3 is 5.97 Å². The number of ether oxygens (including phenoxy) is 1. The van der Waals surface area contributed by atoms with Crippen LogP contribution in [0.15, 0.2) is 51.7 Å². The molecule has 0 atom stereocenters. The molecule has 0 radical (unpaired) electrons. The molecule has 0 saturated heterocycles. The number of H-pyrrole nitrogens is 1. The molecule has 194 valence electrons. The quantitative estimate of drug-likeness (QED) is 0.251. The summed E-state index contributed by atoms with van der Waals surface area (Å²) in [6.45, 7) is 1.88. The van der Waals surface area contributed by atoms with Crippen molar-refractivity contribution in [2.24, 2.45) is 0 Å². The van der Waals surface area contributed by atoms with E-state index in [1.807, 2.05) is 37.3 Å². The second-order valence-corrected chi connectivity index (χ2v) is 9.35. The highest BCUT2D eigenvalue weighted by atomic mass is 79.9. The summed E-state index contributed by atoms with van der Waals surface area (Å²) in [4.78, 5) is 29.2. The van der Waals surface area contributed by atoms with Gasteiger partial charge in [0.05, 0.1) is 26.2 Å². The number of carbonyl (C=O) groups excluding carboxylic acids is 2. The van der Waals surface area contributed by atoms with Gasteiger partial charge in [-0.2, -0.15) is 5.21 Å². The average molecular weight is 599 g/mol. The Bertz CT molecular complexity index is 1600. The number of aryl methyl sites for hydroxylation is 1. The van der Waals surface area contributed by atoms with Gasteiger partial charge in [-0.15, -0.1) is 10.2 Å². The number of amides is 1. The van der Waals surface area contributed by atoms with E-state index in [4.69, 9.17) is 16.0 Å². The Morgan fingerprint density at radius 1 is 1.18 bits per heavy atom. The fourth-order valence-electron chi connectivity index (χ4n) is 4.41.